The summed E-state index contributed by atoms with van der Waals surface area (Å²) in [5, 5.41) is 18.7. The van der Waals surface area contributed by atoms with E-state index in [1.807, 2.05) is 60.7 Å². The van der Waals surface area contributed by atoms with Gasteiger partial charge in [-0.3, -0.25) is 4.79 Å². The van der Waals surface area contributed by atoms with E-state index in [1.165, 1.54) is 6.20 Å². The first-order valence-corrected chi connectivity index (χ1v) is 8.88. The van der Waals surface area contributed by atoms with Gasteiger partial charge in [-0.05, 0) is 54.6 Å². The Kier molecular flexibility index (Phi) is 6.29. The molecule has 3 N–H and O–H groups in total. The molecule has 3 aromatic carbocycles. The molecule has 3 rings (SSSR count). The lowest BCUT2D eigenvalue weighted by Crippen LogP contribution is -2.14. The molecular weight excluding hydrogens is 372 g/mol. The number of halogens is 1. The quantitative estimate of drug-likeness (QED) is 0.382. The average Bonchev–Trinajstić information content (AvgIpc) is 2.70. The molecule has 28 heavy (non-hydrogen) atoms. The Morgan fingerprint density at radius 3 is 2.18 bits per heavy atom. The summed E-state index contributed by atoms with van der Waals surface area (Å²) in [4.78, 5) is 12.2. The first-order valence-electron chi connectivity index (χ1n) is 8.50. The topological polar surface area (TPSA) is 77.0 Å². The van der Waals surface area contributed by atoms with E-state index in [1.54, 1.807) is 24.3 Å². The van der Waals surface area contributed by atoms with E-state index in [4.69, 9.17) is 11.6 Å². The molecule has 0 saturated heterocycles. The molecule has 0 atom stereocenters. The second kappa shape index (κ2) is 9.26. The number of para-hydroxylation sites is 1. The summed E-state index contributed by atoms with van der Waals surface area (Å²) in [5.41, 5.74) is 3.15. The van der Waals surface area contributed by atoms with Crippen LogP contribution in [0.25, 0.3) is 0 Å². The molecule has 0 radical (unpaired) electrons. The molecule has 0 heterocycles. The number of amides is 1. The van der Waals surface area contributed by atoms with Crippen molar-refractivity contribution in [2.75, 3.05) is 16.0 Å². The van der Waals surface area contributed by atoms with Gasteiger partial charge in [0, 0.05) is 34.0 Å². The SMILES string of the molecule is N#C/C(=C/Nc1ccc(Nc2ccccc2)cc1)C(=O)Nc1cccc(Cl)c1. The fraction of sp³-hybridized carbons (Fsp3) is 0. The first kappa shape index (κ1) is 19.0. The van der Waals surface area contributed by atoms with Crippen molar-refractivity contribution in [2.45, 2.75) is 0 Å². The van der Waals surface area contributed by atoms with Gasteiger partial charge < -0.3 is 16.0 Å². The number of hydrogen-bond donors (Lipinski definition) is 3. The van der Waals surface area contributed by atoms with Crippen molar-refractivity contribution in [1.29, 1.82) is 5.26 Å². The molecule has 0 aliphatic rings. The Hall–Kier alpha value is -3.75. The van der Waals surface area contributed by atoms with E-state index < -0.39 is 5.91 Å². The van der Waals surface area contributed by atoms with Crippen LogP contribution < -0.4 is 16.0 Å². The highest BCUT2D eigenvalue weighted by molar-refractivity contribution is 6.31. The van der Waals surface area contributed by atoms with Crippen molar-refractivity contribution in [2.24, 2.45) is 0 Å². The van der Waals surface area contributed by atoms with Gasteiger partial charge in [-0.1, -0.05) is 35.9 Å². The van der Waals surface area contributed by atoms with Crippen LogP contribution in [0, 0.1) is 11.3 Å². The fourth-order valence-electron chi connectivity index (χ4n) is 2.41. The highest BCUT2D eigenvalue weighted by Crippen LogP contribution is 2.19. The summed E-state index contributed by atoms with van der Waals surface area (Å²) in [6.07, 6.45) is 1.37. The molecule has 0 aromatic heterocycles. The summed E-state index contributed by atoms with van der Waals surface area (Å²) < 4.78 is 0. The highest BCUT2D eigenvalue weighted by Gasteiger charge is 2.09. The number of hydrogen-bond acceptors (Lipinski definition) is 4. The molecule has 6 heteroatoms. The molecule has 0 unspecified atom stereocenters. The van der Waals surface area contributed by atoms with Crippen LogP contribution in [0.1, 0.15) is 0 Å². The van der Waals surface area contributed by atoms with Crippen LogP contribution in [0.4, 0.5) is 22.7 Å². The number of nitriles is 1. The Balaban J connectivity index is 1.62. The van der Waals surface area contributed by atoms with E-state index in [0.717, 1.165) is 17.1 Å². The Morgan fingerprint density at radius 1 is 0.857 bits per heavy atom. The molecule has 0 spiro atoms. The van der Waals surface area contributed by atoms with Gasteiger partial charge in [-0.25, -0.2) is 0 Å². The molecule has 0 aliphatic carbocycles. The molecule has 0 bridgehead atoms. The molecule has 0 saturated carbocycles. The van der Waals surface area contributed by atoms with Crippen molar-refractivity contribution in [1.82, 2.24) is 0 Å². The van der Waals surface area contributed by atoms with E-state index in [2.05, 4.69) is 16.0 Å². The minimum absolute atomic E-state index is 0.0496. The van der Waals surface area contributed by atoms with Crippen LogP contribution in [-0.2, 0) is 4.79 Å². The molecule has 0 aliphatic heterocycles. The number of nitrogens with zero attached hydrogens (tertiary/aromatic N) is 1. The van der Waals surface area contributed by atoms with Crippen LogP contribution in [0.2, 0.25) is 5.02 Å². The second-order valence-electron chi connectivity index (χ2n) is 5.85. The first-order chi connectivity index (χ1) is 13.6. The normalized spacial score (nSPS) is 10.6. The summed E-state index contributed by atoms with van der Waals surface area (Å²) in [6.45, 7) is 0. The van der Waals surface area contributed by atoms with Crippen molar-refractivity contribution in [3.05, 3.63) is 95.7 Å². The lowest BCUT2D eigenvalue weighted by atomic mass is 10.2. The van der Waals surface area contributed by atoms with Crippen molar-refractivity contribution < 1.29 is 4.79 Å². The third-order valence-electron chi connectivity index (χ3n) is 3.78. The Labute approximate surface area is 168 Å². The lowest BCUT2D eigenvalue weighted by molar-refractivity contribution is -0.112. The molecular formula is C22H17ClN4O. The second-order valence-corrected chi connectivity index (χ2v) is 6.28. The molecule has 5 nitrogen and oxygen atoms in total. The van der Waals surface area contributed by atoms with Crippen LogP contribution in [0.3, 0.4) is 0 Å². The van der Waals surface area contributed by atoms with Gasteiger partial charge in [0.2, 0.25) is 0 Å². The van der Waals surface area contributed by atoms with E-state index in [0.29, 0.717) is 10.7 Å². The standard InChI is InChI=1S/C22H17ClN4O/c23-17-5-4-8-21(13-17)27-22(28)16(14-24)15-25-18-9-11-20(12-10-18)26-19-6-2-1-3-7-19/h1-13,15,25-26H,(H,27,28)/b16-15-. The number of anilines is 4. The largest absolute Gasteiger partial charge is 0.360 e. The summed E-state index contributed by atoms with van der Waals surface area (Å²) in [6, 6.07) is 26.0. The number of carbonyl (C=O) groups is 1. The van der Waals surface area contributed by atoms with E-state index >= 15 is 0 Å². The van der Waals surface area contributed by atoms with Gasteiger partial charge in [0.15, 0.2) is 0 Å². The van der Waals surface area contributed by atoms with E-state index in [9.17, 15) is 10.1 Å². The maximum absolute atomic E-state index is 12.2. The summed E-state index contributed by atoms with van der Waals surface area (Å²) >= 11 is 5.90. The predicted octanol–water partition coefficient (Wildman–Crippen LogP) is 5.54. The van der Waals surface area contributed by atoms with Crippen LogP contribution >= 0.6 is 11.6 Å². The Morgan fingerprint density at radius 2 is 1.50 bits per heavy atom. The minimum atomic E-state index is -0.514. The van der Waals surface area contributed by atoms with Crippen molar-refractivity contribution in [3.63, 3.8) is 0 Å². The zero-order valence-electron chi connectivity index (χ0n) is 14.8. The Bertz CT molecular complexity index is 1020. The van der Waals surface area contributed by atoms with E-state index in [-0.39, 0.29) is 5.57 Å². The third kappa shape index (κ3) is 5.37. The van der Waals surface area contributed by atoms with Crippen LogP contribution in [0.15, 0.2) is 90.6 Å². The van der Waals surface area contributed by atoms with Gasteiger partial charge in [-0.2, -0.15) is 5.26 Å². The number of nitrogens with one attached hydrogen (secondary N) is 3. The van der Waals surface area contributed by atoms with Gasteiger partial charge >= 0.3 is 0 Å². The van der Waals surface area contributed by atoms with Gasteiger partial charge in [-0.15, -0.1) is 0 Å². The molecule has 0 fully saturated rings. The van der Waals surface area contributed by atoms with Crippen molar-refractivity contribution in [3.8, 4) is 6.07 Å². The van der Waals surface area contributed by atoms with Gasteiger partial charge in [0.1, 0.15) is 11.6 Å². The smallest absolute Gasteiger partial charge is 0.267 e. The maximum Gasteiger partial charge on any atom is 0.267 e. The highest BCUT2D eigenvalue weighted by atomic mass is 35.5. The number of benzene rings is 3. The molecule has 3 aromatic rings. The van der Waals surface area contributed by atoms with Gasteiger partial charge in [0.25, 0.3) is 5.91 Å². The summed E-state index contributed by atoms with van der Waals surface area (Å²) in [7, 11) is 0. The number of rotatable bonds is 6. The molecule has 138 valence electrons. The number of carbonyl (C=O) groups excluding carboxylic acids is 1. The van der Waals surface area contributed by atoms with Crippen LogP contribution in [-0.4, -0.2) is 5.91 Å². The zero-order valence-corrected chi connectivity index (χ0v) is 15.6. The summed E-state index contributed by atoms with van der Waals surface area (Å²) in [5.74, 6) is -0.514. The zero-order chi connectivity index (χ0) is 19.8. The van der Waals surface area contributed by atoms with Crippen molar-refractivity contribution >= 4 is 40.3 Å². The third-order valence-corrected chi connectivity index (χ3v) is 4.01. The van der Waals surface area contributed by atoms with Crippen LogP contribution in [0.5, 0.6) is 0 Å². The fourth-order valence-corrected chi connectivity index (χ4v) is 2.60. The monoisotopic (exact) mass is 388 g/mol. The van der Waals surface area contributed by atoms with Gasteiger partial charge in [0.05, 0.1) is 0 Å². The minimum Gasteiger partial charge on any atom is -0.360 e. The lowest BCUT2D eigenvalue weighted by Gasteiger charge is -2.08. The average molecular weight is 389 g/mol. The predicted molar refractivity (Wildman–Crippen MR) is 114 cm³/mol. The molecule has 1 amide bonds. The maximum atomic E-state index is 12.2.